The van der Waals surface area contributed by atoms with Gasteiger partial charge < -0.3 is 10.5 Å². The molecular weight excluding hydrogens is 468 g/mol. The summed E-state index contributed by atoms with van der Waals surface area (Å²) in [5, 5.41) is 0. The second-order valence-corrected chi connectivity index (χ2v) is 8.13. The summed E-state index contributed by atoms with van der Waals surface area (Å²) in [4.78, 5) is 50.9. The molecule has 0 aliphatic rings. The molecule has 0 spiro atoms. The lowest BCUT2D eigenvalue weighted by molar-refractivity contribution is 0.0474. The first-order chi connectivity index (χ1) is 16.2. The number of carbonyl (C=O) groups is 2. The normalized spacial score (nSPS) is 10.9. The predicted molar refractivity (Wildman–Crippen MR) is 124 cm³/mol. The van der Waals surface area contributed by atoms with Gasteiger partial charge in [0.1, 0.15) is 11.4 Å². The zero-order chi connectivity index (χ0) is 24.8. The van der Waals surface area contributed by atoms with E-state index in [-0.39, 0.29) is 29.4 Å². The Balaban J connectivity index is 1.83. The number of hydrogen-bond acceptors (Lipinski definition) is 7. The first kappa shape index (κ1) is 24.9. The smallest absolute Gasteiger partial charge is 0.338 e. The summed E-state index contributed by atoms with van der Waals surface area (Å²) in [6, 6.07) is 14.1. The Labute approximate surface area is 197 Å². The van der Waals surface area contributed by atoms with Crippen molar-refractivity contribution in [3.63, 3.8) is 0 Å². The number of ketones is 1. The summed E-state index contributed by atoms with van der Waals surface area (Å²) in [5.41, 5.74) is 4.84. The lowest BCUT2D eigenvalue weighted by atomic mass is 10.1. The van der Waals surface area contributed by atoms with Gasteiger partial charge in [0.2, 0.25) is 5.78 Å². The number of Topliss-reactive ketones (excluding diaryl/α,β-unsaturated/α-hetero) is 1. The van der Waals surface area contributed by atoms with Gasteiger partial charge in [-0.25, -0.2) is 9.59 Å². The molecule has 11 heteroatoms. The van der Waals surface area contributed by atoms with Crippen LogP contribution >= 0.6 is 11.8 Å². The molecule has 2 N–H and O–H groups in total. The number of hydrogen-bond donors (Lipinski definition) is 1. The Kier molecular flexibility index (Phi) is 8.00. The first-order valence-electron chi connectivity index (χ1n) is 10.1. The number of nitrogen functional groups attached to an aromatic ring is 1. The summed E-state index contributed by atoms with van der Waals surface area (Å²) in [6.45, 7) is 0.833. The van der Waals surface area contributed by atoms with Gasteiger partial charge in [0.15, 0.2) is 6.61 Å². The number of esters is 1. The zero-order valence-electron chi connectivity index (χ0n) is 18.1. The molecule has 0 aliphatic heterocycles. The average molecular weight is 490 g/mol. The van der Waals surface area contributed by atoms with E-state index in [2.05, 4.69) is 0 Å². The van der Waals surface area contributed by atoms with Gasteiger partial charge in [-0.3, -0.25) is 18.7 Å². The van der Waals surface area contributed by atoms with Crippen LogP contribution in [0.3, 0.4) is 0 Å². The van der Waals surface area contributed by atoms with Crippen molar-refractivity contribution in [3.05, 3.63) is 92.1 Å². The van der Waals surface area contributed by atoms with E-state index in [0.717, 1.165) is 14.7 Å². The molecule has 1 aromatic heterocycles. The lowest BCUT2D eigenvalue weighted by Crippen LogP contribution is -2.44. The van der Waals surface area contributed by atoms with E-state index in [0.29, 0.717) is 11.8 Å². The fraction of sp³-hybridized carbons (Fsp3) is 0.217. The number of rotatable bonds is 9. The molecule has 0 saturated heterocycles. The standard InChI is InChI=1S/C23H21F2N3O5S/c1-2-27-20(30)18(19(26)28(23(27)32)12-14-6-4-3-5-7-14)17(29)13-33-21(31)15-8-10-16(11-9-15)34-22(24)25/h3-11,22H,2,12-13,26H2,1H3. The number of nitrogens with zero attached hydrogens (tertiary/aromatic N) is 2. The largest absolute Gasteiger partial charge is 0.454 e. The van der Waals surface area contributed by atoms with E-state index in [9.17, 15) is 28.0 Å². The van der Waals surface area contributed by atoms with Crippen LogP contribution in [0.25, 0.3) is 0 Å². The maximum absolute atomic E-state index is 12.8. The summed E-state index contributed by atoms with van der Waals surface area (Å²) in [5.74, 6) is -4.67. The minimum absolute atomic E-state index is 0.00970. The van der Waals surface area contributed by atoms with Gasteiger partial charge >= 0.3 is 11.7 Å². The number of benzene rings is 2. The van der Waals surface area contributed by atoms with E-state index in [4.69, 9.17) is 10.5 Å². The fourth-order valence-corrected chi connectivity index (χ4v) is 3.73. The van der Waals surface area contributed by atoms with Crippen molar-refractivity contribution in [2.24, 2.45) is 0 Å². The minimum Gasteiger partial charge on any atom is -0.454 e. The Morgan fingerprint density at radius 3 is 2.26 bits per heavy atom. The Morgan fingerprint density at radius 1 is 1.03 bits per heavy atom. The van der Waals surface area contributed by atoms with Crippen LogP contribution in [0.5, 0.6) is 0 Å². The number of aromatic nitrogens is 2. The summed E-state index contributed by atoms with van der Waals surface area (Å²) in [7, 11) is 0. The summed E-state index contributed by atoms with van der Waals surface area (Å²) in [6.07, 6.45) is 0. The number of anilines is 1. The van der Waals surface area contributed by atoms with E-state index < -0.39 is 40.9 Å². The molecule has 0 bridgehead atoms. The SMILES string of the molecule is CCn1c(=O)c(C(=O)COC(=O)c2ccc(SC(F)F)cc2)c(N)n(Cc2ccccc2)c1=O. The Bertz CT molecular complexity index is 1310. The number of nitrogens with two attached hydrogens (primary N) is 1. The maximum atomic E-state index is 12.8. The molecule has 0 saturated carbocycles. The molecule has 8 nitrogen and oxygen atoms in total. The molecule has 0 unspecified atom stereocenters. The molecule has 0 atom stereocenters. The molecule has 34 heavy (non-hydrogen) atoms. The molecule has 0 fully saturated rings. The molecule has 3 aromatic rings. The van der Waals surface area contributed by atoms with Crippen LogP contribution in [0.15, 0.2) is 69.1 Å². The molecule has 0 amide bonds. The van der Waals surface area contributed by atoms with Crippen LogP contribution in [0.1, 0.15) is 33.2 Å². The second kappa shape index (κ2) is 10.9. The van der Waals surface area contributed by atoms with Crippen LogP contribution in [-0.2, 0) is 17.8 Å². The van der Waals surface area contributed by atoms with Crippen LogP contribution in [0.4, 0.5) is 14.6 Å². The Morgan fingerprint density at radius 2 is 1.68 bits per heavy atom. The summed E-state index contributed by atoms with van der Waals surface area (Å²) >= 11 is 0.326. The van der Waals surface area contributed by atoms with Crippen molar-refractivity contribution < 1.29 is 23.1 Å². The van der Waals surface area contributed by atoms with E-state index >= 15 is 0 Å². The fourth-order valence-electron chi connectivity index (χ4n) is 3.23. The van der Waals surface area contributed by atoms with E-state index in [1.807, 2.05) is 0 Å². The molecule has 0 radical (unpaired) electrons. The third-order valence-corrected chi connectivity index (χ3v) is 5.62. The van der Waals surface area contributed by atoms with Gasteiger partial charge in [0.05, 0.1) is 12.1 Å². The molecule has 2 aromatic carbocycles. The van der Waals surface area contributed by atoms with Crippen molar-refractivity contribution in [2.45, 2.75) is 30.7 Å². The van der Waals surface area contributed by atoms with Gasteiger partial charge in [-0.2, -0.15) is 8.78 Å². The first-order valence-corrected chi connectivity index (χ1v) is 11.0. The maximum Gasteiger partial charge on any atom is 0.338 e. The number of ether oxygens (including phenoxy) is 1. The highest BCUT2D eigenvalue weighted by Crippen LogP contribution is 2.25. The van der Waals surface area contributed by atoms with Crippen molar-refractivity contribution in [2.75, 3.05) is 12.3 Å². The molecule has 1 heterocycles. The van der Waals surface area contributed by atoms with Crippen LogP contribution in [0, 0.1) is 0 Å². The van der Waals surface area contributed by atoms with Gasteiger partial charge in [-0.1, -0.05) is 42.1 Å². The minimum atomic E-state index is -2.60. The number of alkyl halides is 2. The van der Waals surface area contributed by atoms with Crippen molar-refractivity contribution >= 4 is 29.3 Å². The van der Waals surface area contributed by atoms with Gasteiger partial charge in [0.25, 0.3) is 11.3 Å². The van der Waals surface area contributed by atoms with Gasteiger partial charge in [0, 0.05) is 11.4 Å². The molecule has 178 valence electrons. The number of thioether (sulfide) groups is 1. The summed E-state index contributed by atoms with van der Waals surface area (Å²) < 4.78 is 31.8. The second-order valence-electron chi connectivity index (χ2n) is 7.07. The van der Waals surface area contributed by atoms with Gasteiger partial charge in [-0.15, -0.1) is 0 Å². The zero-order valence-corrected chi connectivity index (χ0v) is 18.9. The van der Waals surface area contributed by atoms with Crippen LogP contribution in [0.2, 0.25) is 0 Å². The number of halogens is 2. The Hall–Kier alpha value is -3.73. The van der Waals surface area contributed by atoms with Crippen LogP contribution < -0.4 is 17.0 Å². The van der Waals surface area contributed by atoms with Crippen LogP contribution in [-0.4, -0.2) is 33.3 Å². The van der Waals surface area contributed by atoms with Crippen molar-refractivity contribution in [1.29, 1.82) is 0 Å². The molecular formula is C23H21F2N3O5S. The lowest BCUT2D eigenvalue weighted by Gasteiger charge is -2.16. The third-order valence-electron chi connectivity index (χ3n) is 4.90. The average Bonchev–Trinajstić information content (AvgIpc) is 2.81. The highest BCUT2D eigenvalue weighted by molar-refractivity contribution is 7.99. The van der Waals surface area contributed by atoms with E-state index in [1.165, 1.54) is 24.3 Å². The van der Waals surface area contributed by atoms with Crippen molar-refractivity contribution in [3.8, 4) is 0 Å². The monoisotopic (exact) mass is 489 g/mol. The highest BCUT2D eigenvalue weighted by atomic mass is 32.2. The third kappa shape index (κ3) is 5.60. The van der Waals surface area contributed by atoms with Crippen molar-refractivity contribution in [1.82, 2.24) is 9.13 Å². The topological polar surface area (TPSA) is 113 Å². The molecule has 3 rings (SSSR count). The van der Waals surface area contributed by atoms with E-state index in [1.54, 1.807) is 37.3 Å². The predicted octanol–water partition coefficient (Wildman–Crippen LogP) is 3.01. The molecule has 0 aliphatic carbocycles. The number of carbonyl (C=O) groups excluding carboxylic acids is 2. The van der Waals surface area contributed by atoms with Gasteiger partial charge in [-0.05, 0) is 36.8 Å². The quantitative estimate of drug-likeness (QED) is 0.279. The highest BCUT2D eigenvalue weighted by Gasteiger charge is 2.23.